The van der Waals surface area contributed by atoms with Gasteiger partial charge in [0.15, 0.2) is 5.82 Å². The van der Waals surface area contributed by atoms with E-state index < -0.39 is 0 Å². The van der Waals surface area contributed by atoms with Crippen LogP contribution in [0.2, 0.25) is 5.02 Å². The second-order valence-electron chi connectivity index (χ2n) is 6.69. The Kier molecular flexibility index (Phi) is 4.92. The second-order valence-corrected chi connectivity index (χ2v) is 7.13. The van der Waals surface area contributed by atoms with E-state index in [1.807, 2.05) is 49.5 Å². The number of pyridine rings is 1. The number of aromatic nitrogens is 3. The number of carbonyl (C=O) groups excluding carboxylic acids is 1. The van der Waals surface area contributed by atoms with Gasteiger partial charge in [-0.15, -0.1) is 0 Å². The molecule has 1 N–H and O–H groups in total. The van der Waals surface area contributed by atoms with Crippen molar-refractivity contribution in [2.75, 3.05) is 25.0 Å². The highest BCUT2D eigenvalue weighted by molar-refractivity contribution is 6.30. The van der Waals surface area contributed by atoms with Gasteiger partial charge in [0.05, 0.1) is 11.7 Å². The summed E-state index contributed by atoms with van der Waals surface area (Å²) in [5.41, 5.74) is 2.95. The van der Waals surface area contributed by atoms with Crippen LogP contribution < -0.4 is 4.90 Å². The maximum absolute atomic E-state index is 13.1. The van der Waals surface area contributed by atoms with E-state index in [9.17, 15) is 4.79 Å². The molecule has 1 atom stereocenters. The van der Waals surface area contributed by atoms with Crippen LogP contribution in [0.3, 0.4) is 0 Å². The van der Waals surface area contributed by atoms with Crippen LogP contribution in [0.4, 0.5) is 5.82 Å². The first-order chi connectivity index (χ1) is 13.1. The molecule has 4 rings (SSSR count). The van der Waals surface area contributed by atoms with E-state index >= 15 is 0 Å². The minimum Gasteiger partial charge on any atom is -0.293 e. The van der Waals surface area contributed by atoms with E-state index in [4.69, 9.17) is 11.6 Å². The van der Waals surface area contributed by atoms with Crippen LogP contribution in [-0.2, 0) is 11.2 Å². The smallest absolute Gasteiger partial charge is 0.245 e. The van der Waals surface area contributed by atoms with Crippen molar-refractivity contribution in [3.63, 3.8) is 0 Å². The molecule has 3 heterocycles. The maximum Gasteiger partial charge on any atom is 0.245 e. The number of nitrogens with one attached hydrogen (secondary N) is 1. The van der Waals surface area contributed by atoms with E-state index in [1.54, 1.807) is 17.3 Å². The molecular formula is C20H20ClN5O. The summed E-state index contributed by atoms with van der Waals surface area (Å²) in [5.74, 6) is 0.715. The summed E-state index contributed by atoms with van der Waals surface area (Å²) in [6.45, 7) is 1.41. The average molecular weight is 382 g/mol. The van der Waals surface area contributed by atoms with E-state index in [0.717, 1.165) is 23.4 Å². The number of likely N-dealkylation sites (N-methyl/N-ethyl adjacent to an activating group) is 1. The lowest BCUT2D eigenvalue weighted by Gasteiger charge is -2.37. The van der Waals surface area contributed by atoms with Crippen molar-refractivity contribution in [3.05, 3.63) is 65.4 Å². The summed E-state index contributed by atoms with van der Waals surface area (Å²) in [7, 11) is 1.99. The molecule has 1 unspecified atom stereocenters. The summed E-state index contributed by atoms with van der Waals surface area (Å²) in [4.78, 5) is 21.0. The molecular weight excluding hydrogens is 362 g/mol. The molecule has 138 valence electrons. The maximum atomic E-state index is 13.1. The minimum absolute atomic E-state index is 0.0616. The number of aromatic amines is 1. The van der Waals surface area contributed by atoms with Gasteiger partial charge in [0.1, 0.15) is 0 Å². The fourth-order valence-electron chi connectivity index (χ4n) is 3.34. The number of anilines is 1. The van der Waals surface area contributed by atoms with Crippen molar-refractivity contribution in [2.24, 2.45) is 0 Å². The molecule has 1 fully saturated rings. The number of carbonyl (C=O) groups is 1. The zero-order valence-electron chi connectivity index (χ0n) is 15.0. The summed E-state index contributed by atoms with van der Waals surface area (Å²) >= 11 is 5.97. The van der Waals surface area contributed by atoms with Crippen LogP contribution in [0.15, 0.2) is 54.9 Å². The number of halogens is 1. The zero-order chi connectivity index (χ0) is 18.8. The molecule has 1 aliphatic heterocycles. The molecule has 0 saturated carbocycles. The van der Waals surface area contributed by atoms with Crippen molar-refractivity contribution in [2.45, 2.75) is 12.5 Å². The third-order valence-electron chi connectivity index (χ3n) is 4.93. The molecule has 3 aromatic rings. The monoisotopic (exact) mass is 381 g/mol. The Morgan fingerprint density at radius 1 is 1.15 bits per heavy atom. The highest BCUT2D eigenvalue weighted by Gasteiger charge is 2.34. The highest BCUT2D eigenvalue weighted by Crippen LogP contribution is 2.25. The fraction of sp³-hybridized carbons (Fsp3) is 0.250. The summed E-state index contributed by atoms with van der Waals surface area (Å²) in [6, 6.07) is 13.2. The predicted octanol–water partition coefficient (Wildman–Crippen LogP) is 3.01. The third-order valence-corrected chi connectivity index (χ3v) is 5.19. The molecule has 1 aliphatic rings. The van der Waals surface area contributed by atoms with Crippen molar-refractivity contribution in [1.82, 2.24) is 20.1 Å². The Bertz CT molecular complexity index is 925. The van der Waals surface area contributed by atoms with Gasteiger partial charge in [0.25, 0.3) is 0 Å². The number of amides is 1. The average Bonchev–Trinajstić information content (AvgIpc) is 3.17. The van der Waals surface area contributed by atoms with Gasteiger partial charge < -0.3 is 0 Å². The van der Waals surface area contributed by atoms with Crippen LogP contribution in [0, 0.1) is 0 Å². The lowest BCUT2D eigenvalue weighted by molar-refractivity contribution is -0.125. The van der Waals surface area contributed by atoms with Crippen molar-refractivity contribution >= 4 is 23.3 Å². The molecule has 0 spiro atoms. The van der Waals surface area contributed by atoms with Crippen molar-refractivity contribution < 1.29 is 4.79 Å². The van der Waals surface area contributed by atoms with E-state index in [-0.39, 0.29) is 11.9 Å². The number of piperazine rings is 1. The van der Waals surface area contributed by atoms with Crippen LogP contribution in [0.5, 0.6) is 0 Å². The Labute approximate surface area is 162 Å². The van der Waals surface area contributed by atoms with Gasteiger partial charge in [-0.25, -0.2) is 0 Å². The molecule has 2 aromatic heterocycles. The molecule has 0 bridgehead atoms. The Morgan fingerprint density at radius 2 is 1.89 bits per heavy atom. The normalized spacial score (nSPS) is 18.1. The lowest BCUT2D eigenvalue weighted by Crippen LogP contribution is -2.56. The lowest BCUT2D eigenvalue weighted by atomic mass is 10.0. The standard InChI is InChI=1S/C20H20ClN5O/c1-25-10-11-26(19-13-17(23-24-19)15-6-8-22-9-7-15)20(27)18(25)12-14-2-4-16(21)5-3-14/h2-9,13,18H,10-12H2,1H3,(H,23,24). The van der Waals surface area contributed by atoms with Gasteiger partial charge in [-0.1, -0.05) is 23.7 Å². The van der Waals surface area contributed by atoms with Gasteiger partial charge >= 0.3 is 0 Å². The topological polar surface area (TPSA) is 65.1 Å². The fourth-order valence-corrected chi connectivity index (χ4v) is 3.46. The Hall–Kier alpha value is -2.70. The molecule has 0 aliphatic carbocycles. The number of nitrogens with zero attached hydrogens (tertiary/aromatic N) is 4. The van der Waals surface area contributed by atoms with Crippen LogP contribution >= 0.6 is 11.6 Å². The van der Waals surface area contributed by atoms with Gasteiger partial charge in [-0.3, -0.25) is 24.7 Å². The van der Waals surface area contributed by atoms with E-state index in [0.29, 0.717) is 23.8 Å². The number of hydrogen-bond acceptors (Lipinski definition) is 4. The van der Waals surface area contributed by atoms with Gasteiger partial charge in [-0.2, -0.15) is 5.10 Å². The van der Waals surface area contributed by atoms with Crippen LogP contribution in [0.1, 0.15) is 5.56 Å². The predicted molar refractivity (Wildman–Crippen MR) is 106 cm³/mol. The number of H-pyrrole nitrogens is 1. The largest absolute Gasteiger partial charge is 0.293 e. The quantitative estimate of drug-likeness (QED) is 0.754. The molecule has 1 saturated heterocycles. The van der Waals surface area contributed by atoms with Gasteiger partial charge in [-0.05, 0) is 43.3 Å². The van der Waals surface area contributed by atoms with Gasteiger partial charge in [0.2, 0.25) is 5.91 Å². The number of hydrogen-bond donors (Lipinski definition) is 1. The molecule has 7 heteroatoms. The van der Waals surface area contributed by atoms with Gasteiger partial charge in [0, 0.05) is 42.1 Å². The highest BCUT2D eigenvalue weighted by atomic mass is 35.5. The van der Waals surface area contributed by atoms with Crippen LogP contribution in [-0.4, -0.2) is 52.2 Å². The van der Waals surface area contributed by atoms with Crippen molar-refractivity contribution in [1.29, 1.82) is 0 Å². The molecule has 6 nitrogen and oxygen atoms in total. The Balaban J connectivity index is 1.54. The van der Waals surface area contributed by atoms with Crippen molar-refractivity contribution in [3.8, 4) is 11.3 Å². The first-order valence-electron chi connectivity index (χ1n) is 8.84. The third kappa shape index (κ3) is 3.72. The first-order valence-corrected chi connectivity index (χ1v) is 9.21. The summed E-state index contributed by atoms with van der Waals surface area (Å²) < 4.78 is 0. The first kappa shape index (κ1) is 17.7. The van der Waals surface area contributed by atoms with E-state index in [2.05, 4.69) is 20.1 Å². The minimum atomic E-state index is -0.221. The SMILES string of the molecule is CN1CCN(c2cc(-c3ccncc3)[nH]n2)C(=O)C1Cc1ccc(Cl)cc1. The molecule has 1 amide bonds. The zero-order valence-corrected chi connectivity index (χ0v) is 15.7. The molecule has 27 heavy (non-hydrogen) atoms. The Morgan fingerprint density at radius 3 is 2.63 bits per heavy atom. The summed E-state index contributed by atoms with van der Waals surface area (Å²) in [5, 5.41) is 8.09. The number of benzene rings is 1. The molecule has 1 aromatic carbocycles. The second kappa shape index (κ2) is 7.50. The number of rotatable bonds is 4. The van der Waals surface area contributed by atoms with Crippen LogP contribution in [0.25, 0.3) is 11.3 Å². The van der Waals surface area contributed by atoms with E-state index in [1.165, 1.54) is 0 Å². The molecule has 0 radical (unpaired) electrons. The summed E-state index contributed by atoms with van der Waals surface area (Å²) in [6.07, 6.45) is 4.11.